The molecule has 98 valence electrons. The summed E-state index contributed by atoms with van der Waals surface area (Å²) < 4.78 is 11.9. The molecule has 1 aliphatic carbocycles. The minimum atomic E-state index is -3.07. The highest BCUT2D eigenvalue weighted by atomic mass is 31.2. The lowest BCUT2D eigenvalue weighted by molar-refractivity contribution is 0.191. The normalized spacial score (nSPS) is 22.6. The summed E-state index contributed by atoms with van der Waals surface area (Å²) >= 11 is 0. The maximum absolute atomic E-state index is 11.9. The maximum atomic E-state index is 11.9. The van der Waals surface area contributed by atoms with Crippen molar-refractivity contribution in [2.75, 3.05) is 6.16 Å². The van der Waals surface area contributed by atoms with Crippen molar-refractivity contribution < 1.29 is 14.6 Å². The van der Waals surface area contributed by atoms with Gasteiger partial charge in [0, 0.05) is 6.16 Å². The van der Waals surface area contributed by atoms with Gasteiger partial charge >= 0.3 is 0 Å². The summed E-state index contributed by atoms with van der Waals surface area (Å²) in [5, 5.41) is 9.57. The molecule has 0 radical (unpaired) electrons. The van der Waals surface area contributed by atoms with Crippen LogP contribution >= 0.6 is 7.37 Å². The summed E-state index contributed by atoms with van der Waals surface area (Å²) in [4.78, 5) is 9.78. The molecular weight excluding hydrogens is 247 g/mol. The Balaban J connectivity index is 2.29. The van der Waals surface area contributed by atoms with E-state index in [0.717, 1.165) is 16.7 Å². The molecule has 0 saturated carbocycles. The van der Waals surface area contributed by atoms with Gasteiger partial charge in [-0.1, -0.05) is 37.3 Å². The van der Waals surface area contributed by atoms with Crippen LogP contribution in [-0.4, -0.2) is 22.3 Å². The summed E-state index contributed by atoms with van der Waals surface area (Å²) in [7, 11) is -3.07. The van der Waals surface area contributed by atoms with Gasteiger partial charge in [0.2, 0.25) is 7.37 Å². The van der Waals surface area contributed by atoms with Crippen molar-refractivity contribution in [3.63, 3.8) is 0 Å². The van der Waals surface area contributed by atoms with Crippen LogP contribution in [0.25, 0.3) is 5.57 Å². The van der Waals surface area contributed by atoms with Gasteiger partial charge in [-0.25, -0.2) is 0 Å². The summed E-state index contributed by atoms with van der Waals surface area (Å²) in [6.07, 6.45) is 3.54. The lowest BCUT2D eigenvalue weighted by Crippen LogP contribution is -2.00. The summed E-state index contributed by atoms with van der Waals surface area (Å²) in [5.74, 6) is 0. The van der Waals surface area contributed by atoms with Crippen LogP contribution < -0.4 is 0 Å². The van der Waals surface area contributed by atoms with Gasteiger partial charge in [-0.2, -0.15) is 0 Å². The quantitative estimate of drug-likeness (QED) is 0.824. The molecule has 1 aromatic carbocycles. The smallest absolute Gasteiger partial charge is 0.204 e. The largest absolute Gasteiger partial charge is 0.392 e. The highest BCUT2D eigenvalue weighted by Gasteiger charge is 2.21. The highest BCUT2D eigenvalue weighted by Crippen LogP contribution is 2.45. The first-order chi connectivity index (χ1) is 8.52. The zero-order valence-corrected chi connectivity index (χ0v) is 11.4. The highest BCUT2D eigenvalue weighted by molar-refractivity contribution is 7.57. The zero-order chi connectivity index (χ0) is 13.2. The SMILES string of the molecule is CCP(=O)(O)Cc1ccccc1C1=CCC(O)C1. The van der Waals surface area contributed by atoms with Crippen molar-refractivity contribution in [3.05, 3.63) is 41.5 Å². The van der Waals surface area contributed by atoms with E-state index in [-0.39, 0.29) is 12.3 Å². The summed E-state index contributed by atoms with van der Waals surface area (Å²) in [6, 6.07) is 7.69. The van der Waals surface area contributed by atoms with Crippen LogP contribution in [0.1, 0.15) is 30.9 Å². The van der Waals surface area contributed by atoms with Crippen molar-refractivity contribution in [2.45, 2.75) is 32.0 Å². The van der Waals surface area contributed by atoms with Gasteiger partial charge in [-0.3, -0.25) is 4.57 Å². The van der Waals surface area contributed by atoms with E-state index in [9.17, 15) is 14.6 Å². The number of aliphatic hydroxyl groups is 1. The minimum absolute atomic E-state index is 0.215. The van der Waals surface area contributed by atoms with Crippen LogP contribution in [0.15, 0.2) is 30.3 Å². The molecule has 2 N–H and O–H groups in total. The summed E-state index contributed by atoms with van der Waals surface area (Å²) in [5.41, 5.74) is 3.01. The molecule has 0 amide bonds. The Morgan fingerprint density at radius 3 is 2.72 bits per heavy atom. The molecule has 18 heavy (non-hydrogen) atoms. The van der Waals surface area contributed by atoms with Gasteiger partial charge in [0.15, 0.2) is 0 Å². The van der Waals surface area contributed by atoms with Gasteiger partial charge in [0.25, 0.3) is 0 Å². The van der Waals surface area contributed by atoms with E-state index < -0.39 is 7.37 Å². The van der Waals surface area contributed by atoms with Crippen LogP contribution in [0.2, 0.25) is 0 Å². The standard InChI is InChI=1S/C14H19O3P/c1-2-18(16,17)10-12-5-3-4-6-14(12)11-7-8-13(15)9-11/h3-7,13,15H,2,8-10H2,1H3,(H,16,17). The number of benzene rings is 1. The van der Waals surface area contributed by atoms with Crippen molar-refractivity contribution in [1.82, 2.24) is 0 Å². The molecule has 0 saturated heterocycles. The Bertz CT molecular complexity index is 508. The lowest BCUT2D eigenvalue weighted by atomic mass is 10.00. The third kappa shape index (κ3) is 3.11. The van der Waals surface area contributed by atoms with Gasteiger partial charge < -0.3 is 10.00 Å². The number of aliphatic hydroxyl groups excluding tert-OH is 1. The van der Waals surface area contributed by atoms with Crippen LogP contribution in [0.5, 0.6) is 0 Å². The second kappa shape index (κ2) is 5.40. The van der Waals surface area contributed by atoms with E-state index in [1.165, 1.54) is 0 Å². The molecule has 0 aromatic heterocycles. The molecule has 3 nitrogen and oxygen atoms in total. The average molecular weight is 266 g/mol. The zero-order valence-electron chi connectivity index (χ0n) is 10.5. The van der Waals surface area contributed by atoms with Crippen LogP contribution in [0.3, 0.4) is 0 Å². The average Bonchev–Trinajstić information content (AvgIpc) is 2.76. The van der Waals surface area contributed by atoms with Gasteiger partial charge in [-0.05, 0) is 29.5 Å². The number of hydrogen-bond acceptors (Lipinski definition) is 2. The van der Waals surface area contributed by atoms with E-state index >= 15 is 0 Å². The molecular formula is C14H19O3P. The van der Waals surface area contributed by atoms with Gasteiger partial charge in [0.1, 0.15) is 0 Å². The number of hydrogen-bond donors (Lipinski definition) is 2. The van der Waals surface area contributed by atoms with Crippen LogP contribution in [0, 0.1) is 0 Å². The van der Waals surface area contributed by atoms with Crippen molar-refractivity contribution in [1.29, 1.82) is 0 Å². The fourth-order valence-electron chi connectivity index (χ4n) is 2.27. The Morgan fingerprint density at radius 2 is 2.11 bits per heavy atom. The molecule has 0 fully saturated rings. The third-order valence-corrected chi connectivity index (χ3v) is 5.19. The molecule has 1 aromatic rings. The van der Waals surface area contributed by atoms with Crippen LogP contribution in [0.4, 0.5) is 0 Å². The Kier molecular flexibility index (Phi) is 4.06. The maximum Gasteiger partial charge on any atom is 0.204 e. The molecule has 2 unspecified atom stereocenters. The predicted octanol–water partition coefficient (Wildman–Crippen LogP) is 3.02. The molecule has 0 bridgehead atoms. The van der Waals surface area contributed by atoms with Gasteiger partial charge in [-0.15, -0.1) is 0 Å². The second-order valence-corrected chi connectivity index (χ2v) is 7.44. The Morgan fingerprint density at radius 1 is 1.39 bits per heavy atom. The van der Waals surface area contributed by atoms with E-state index in [1.807, 2.05) is 30.3 Å². The second-order valence-electron chi connectivity index (χ2n) is 4.80. The third-order valence-electron chi connectivity index (χ3n) is 3.37. The summed E-state index contributed by atoms with van der Waals surface area (Å²) in [6.45, 7) is 1.74. The van der Waals surface area contributed by atoms with Crippen molar-refractivity contribution in [2.24, 2.45) is 0 Å². The Hall–Kier alpha value is -0.890. The van der Waals surface area contributed by atoms with E-state index in [2.05, 4.69) is 0 Å². The fourth-order valence-corrected chi connectivity index (χ4v) is 3.30. The van der Waals surface area contributed by atoms with Crippen molar-refractivity contribution >= 4 is 12.9 Å². The first-order valence-electron chi connectivity index (χ1n) is 6.28. The topological polar surface area (TPSA) is 57.5 Å². The van der Waals surface area contributed by atoms with E-state index in [1.54, 1.807) is 6.92 Å². The first kappa shape index (κ1) is 13.5. The molecule has 2 rings (SSSR count). The molecule has 2 atom stereocenters. The Labute approximate surface area is 108 Å². The fraction of sp³-hybridized carbons (Fsp3) is 0.429. The molecule has 0 aliphatic heterocycles. The monoisotopic (exact) mass is 266 g/mol. The molecule has 0 heterocycles. The predicted molar refractivity (Wildman–Crippen MR) is 73.7 cm³/mol. The van der Waals surface area contributed by atoms with Crippen LogP contribution in [-0.2, 0) is 10.7 Å². The van der Waals surface area contributed by atoms with E-state index in [4.69, 9.17) is 0 Å². The lowest BCUT2D eigenvalue weighted by Gasteiger charge is -2.14. The van der Waals surface area contributed by atoms with Crippen molar-refractivity contribution in [3.8, 4) is 0 Å². The van der Waals surface area contributed by atoms with Gasteiger partial charge in [0.05, 0.1) is 12.3 Å². The molecule has 4 heteroatoms. The molecule has 0 spiro atoms. The minimum Gasteiger partial charge on any atom is -0.392 e. The number of rotatable bonds is 4. The molecule has 1 aliphatic rings. The first-order valence-corrected chi connectivity index (χ1v) is 8.31. The van der Waals surface area contributed by atoms with E-state index in [0.29, 0.717) is 19.0 Å².